The van der Waals surface area contributed by atoms with Crippen LogP contribution in [0.5, 0.6) is 0 Å². The summed E-state index contributed by atoms with van der Waals surface area (Å²) >= 11 is 2.92. The van der Waals surface area contributed by atoms with Gasteiger partial charge in [-0.3, -0.25) is 4.79 Å². The van der Waals surface area contributed by atoms with Crippen molar-refractivity contribution in [2.75, 3.05) is 17.8 Å². The molecule has 0 aliphatic heterocycles. The first kappa shape index (κ1) is 13.3. The summed E-state index contributed by atoms with van der Waals surface area (Å²) in [7, 11) is 0. The Morgan fingerprint density at radius 1 is 1.62 bits per heavy atom. The molecule has 0 saturated heterocycles. The minimum atomic E-state index is -0.864. The second-order valence-electron chi connectivity index (χ2n) is 3.39. The molecule has 1 aromatic heterocycles. The number of carboxylic acids is 1. The lowest BCUT2D eigenvalue weighted by Gasteiger charge is -2.09. The molecule has 1 heterocycles. The minimum absolute atomic E-state index is 0.0166. The topological polar surface area (TPSA) is 80.9 Å². The minimum Gasteiger partial charge on any atom is -0.481 e. The van der Waals surface area contributed by atoms with Crippen LogP contribution < -0.4 is 0 Å². The van der Waals surface area contributed by atoms with Crippen molar-refractivity contribution in [2.45, 2.75) is 18.6 Å². The fourth-order valence-electron chi connectivity index (χ4n) is 1.17. The second-order valence-corrected chi connectivity index (χ2v) is 5.24. The Kier molecular flexibility index (Phi) is 5.61. The molecule has 1 N–H and O–H groups in total. The summed E-state index contributed by atoms with van der Waals surface area (Å²) in [5.74, 6) is 0.611. The van der Waals surface area contributed by atoms with Gasteiger partial charge in [-0.1, -0.05) is 18.7 Å². The van der Waals surface area contributed by atoms with Gasteiger partial charge in [0.25, 0.3) is 0 Å². The van der Waals surface area contributed by atoms with Crippen LogP contribution in [-0.2, 0) is 11.3 Å². The maximum Gasteiger partial charge on any atom is 0.313 e. The first-order valence-corrected chi connectivity index (χ1v) is 7.11. The molecule has 90 valence electrons. The quantitative estimate of drug-likeness (QED) is 0.729. The first-order valence-electron chi connectivity index (χ1n) is 4.73. The highest BCUT2D eigenvalue weighted by atomic mass is 32.2. The van der Waals surface area contributed by atoms with Crippen molar-refractivity contribution in [1.82, 2.24) is 20.2 Å². The van der Waals surface area contributed by atoms with Gasteiger partial charge in [0.05, 0.1) is 5.75 Å². The normalized spacial score (nSPS) is 12.6. The molecule has 1 rings (SSSR count). The number of tetrazole rings is 1. The Morgan fingerprint density at radius 3 is 3.00 bits per heavy atom. The predicted octanol–water partition coefficient (Wildman–Crippen LogP) is 0.849. The molecule has 1 aromatic rings. The van der Waals surface area contributed by atoms with Gasteiger partial charge in [-0.2, -0.15) is 11.8 Å². The van der Waals surface area contributed by atoms with Crippen LogP contribution in [0.1, 0.15) is 6.92 Å². The molecule has 0 fully saturated rings. The Hall–Kier alpha value is -0.760. The standard InChI is InChI=1S/C8H14N4O2S2/c1-6(4-15-2)3-12-8(9-10-11-12)16-5-7(13)14/h6H,3-5H2,1-2H3,(H,13,14). The van der Waals surface area contributed by atoms with Gasteiger partial charge in [0.15, 0.2) is 0 Å². The van der Waals surface area contributed by atoms with E-state index in [1.165, 1.54) is 0 Å². The predicted molar refractivity (Wildman–Crippen MR) is 63.7 cm³/mol. The number of hydrogen-bond acceptors (Lipinski definition) is 6. The van der Waals surface area contributed by atoms with E-state index in [1.54, 1.807) is 16.4 Å². The van der Waals surface area contributed by atoms with Crippen molar-refractivity contribution in [3.63, 3.8) is 0 Å². The monoisotopic (exact) mass is 262 g/mol. The molecule has 0 amide bonds. The number of aliphatic carboxylic acids is 1. The molecule has 1 unspecified atom stereocenters. The zero-order valence-corrected chi connectivity index (χ0v) is 10.8. The van der Waals surface area contributed by atoms with E-state index in [-0.39, 0.29) is 5.75 Å². The van der Waals surface area contributed by atoms with E-state index in [0.29, 0.717) is 11.1 Å². The van der Waals surface area contributed by atoms with Crippen molar-refractivity contribution in [1.29, 1.82) is 0 Å². The van der Waals surface area contributed by atoms with Crippen LogP contribution in [-0.4, -0.2) is 49.0 Å². The number of rotatable bonds is 7. The van der Waals surface area contributed by atoms with Gasteiger partial charge >= 0.3 is 5.97 Å². The summed E-state index contributed by atoms with van der Waals surface area (Å²) in [4.78, 5) is 10.4. The number of hydrogen-bond donors (Lipinski definition) is 1. The number of nitrogens with zero attached hydrogens (tertiary/aromatic N) is 4. The van der Waals surface area contributed by atoms with E-state index >= 15 is 0 Å². The van der Waals surface area contributed by atoms with Gasteiger partial charge in [-0.05, 0) is 28.4 Å². The lowest BCUT2D eigenvalue weighted by Crippen LogP contribution is -2.12. The third-order valence-electron chi connectivity index (χ3n) is 1.76. The summed E-state index contributed by atoms with van der Waals surface area (Å²) in [6, 6.07) is 0. The third-order valence-corrected chi connectivity index (χ3v) is 3.60. The SMILES string of the molecule is CSCC(C)Cn1nnnc1SCC(=O)O. The third kappa shape index (κ3) is 4.40. The van der Waals surface area contributed by atoms with Crippen molar-refractivity contribution in [3.8, 4) is 0 Å². The highest BCUT2D eigenvalue weighted by Gasteiger charge is 2.11. The van der Waals surface area contributed by atoms with E-state index < -0.39 is 5.97 Å². The van der Waals surface area contributed by atoms with Crippen LogP contribution in [0.2, 0.25) is 0 Å². The molecular formula is C8H14N4O2S2. The zero-order chi connectivity index (χ0) is 12.0. The van der Waals surface area contributed by atoms with Gasteiger partial charge in [0.2, 0.25) is 5.16 Å². The summed E-state index contributed by atoms with van der Waals surface area (Å²) < 4.78 is 1.66. The Morgan fingerprint density at radius 2 is 2.38 bits per heavy atom. The van der Waals surface area contributed by atoms with Gasteiger partial charge in [-0.15, -0.1) is 5.10 Å². The Balaban J connectivity index is 2.52. The largest absolute Gasteiger partial charge is 0.481 e. The van der Waals surface area contributed by atoms with Gasteiger partial charge in [0, 0.05) is 6.54 Å². The highest BCUT2D eigenvalue weighted by Crippen LogP contribution is 2.15. The van der Waals surface area contributed by atoms with Crippen LogP contribution in [0.15, 0.2) is 5.16 Å². The van der Waals surface area contributed by atoms with Crippen LogP contribution >= 0.6 is 23.5 Å². The maximum atomic E-state index is 10.4. The number of thioether (sulfide) groups is 2. The van der Waals surface area contributed by atoms with Gasteiger partial charge < -0.3 is 5.11 Å². The first-order chi connectivity index (χ1) is 7.63. The van der Waals surface area contributed by atoms with E-state index in [1.807, 2.05) is 0 Å². The zero-order valence-electron chi connectivity index (χ0n) is 9.16. The van der Waals surface area contributed by atoms with Crippen molar-refractivity contribution in [2.24, 2.45) is 5.92 Å². The molecule has 0 spiro atoms. The molecule has 0 bridgehead atoms. The summed E-state index contributed by atoms with van der Waals surface area (Å²) in [5, 5.41) is 20.3. The van der Waals surface area contributed by atoms with E-state index in [2.05, 4.69) is 28.7 Å². The van der Waals surface area contributed by atoms with E-state index in [4.69, 9.17) is 5.11 Å². The number of aromatic nitrogens is 4. The molecule has 0 aromatic carbocycles. The molecule has 16 heavy (non-hydrogen) atoms. The smallest absolute Gasteiger partial charge is 0.313 e. The maximum absolute atomic E-state index is 10.4. The highest BCUT2D eigenvalue weighted by molar-refractivity contribution is 7.99. The lowest BCUT2D eigenvalue weighted by atomic mass is 10.2. The fourth-order valence-corrected chi connectivity index (χ4v) is 2.45. The average molecular weight is 262 g/mol. The van der Waals surface area contributed by atoms with E-state index in [9.17, 15) is 4.79 Å². The van der Waals surface area contributed by atoms with Crippen LogP contribution in [0, 0.1) is 5.92 Å². The Labute approximate surface area is 102 Å². The lowest BCUT2D eigenvalue weighted by molar-refractivity contribution is -0.133. The van der Waals surface area contributed by atoms with Gasteiger partial charge in [-0.25, -0.2) is 4.68 Å². The number of carbonyl (C=O) groups is 1. The second kappa shape index (κ2) is 6.74. The van der Waals surface area contributed by atoms with Crippen LogP contribution in [0.25, 0.3) is 0 Å². The molecule has 1 atom stereocenters. The fraction of sp³-hybridized carbons (Fsp3) is 0.750. The summed E-state index contributed by atoms with van der Waals surface area (Å²) in [6.45, 7) is 2.83. The average Bonchev–Trinajstić information content (AvgIpc) is 2.62. The molecule has 6 nitrogen and oxygen atoms in total. The molecule has 0 aliphatic rings. The Bertz CT molecular complexity index is 345. The van der Waals surface area contributed by atoms with Crippen LogP contribution in [0.4, 0.5) is 0 Å². The molecule has 0 radical (unpaired) electrons. The van der Waals surface area contributed by atoms with Crippen molar-refractivity contribution in [3.05, 3.63) is 0 Å². The number of carboxylic acid groups (broad SMARTS) is 1. The van der Waals surface area contributed by atoms with Crippen LogP contribution in [0.3, 0.4) is 0 Å². The summed E-state index contributed by atoms with van der Waals surface area (Å²) in [6.07, 6.45) is 2.05. The molecule has 0 aliphatic carbocycles. The van der Waals surface area contributed by atoms with E-state index in [0.717, 1.165) is 24.1 Å². The molecule has 0 saturated carbocycles. The van der Waals surface area contributed by atoms with Crippen molar-refractivity contribution < 1.29 is 9.90 Å². The molecule has 8 heteroatoms. The summed E-state index contributed by atoms with van der Waals surface area (Å²) in [5.41, 5.74) is 0. The van der Waals surface area contributed by atoms with Gasteiger partial charge in [0.1, 0.15) is 0 Å². The molecular weight excluding hydrogens is 248 g/mol. The van der Waals surface area contributed by atoms with Crippen molar-refractivity contribution >= 4 is 29.5 Å².